The third kappa shape index (κ3) is 3.91. The molecule has 3 aromatic rings. The van der Waals surface area contributed by atoms with Crippen molar-refractivity contribution >= 4 is 11.8 Å². The summed E-state index contributed by atoms with van der Waals surface area (Å²) in [5, 5.41) is 10.3. The maximum Gasteiger partial charge on any atom is 0.271 e. The van der Waals surface area contributed by atoms with Crippen LogP contribution in [0, 0.1) is 6.92 Å². The Bertz CT molecular complexity index is 1160. The number of nitrogens with zero attached hydrogens (tertiary/aromatic N) is 2. The summed E-state index contributed by atoms with van der Waals surface area (Å²) in [6, 6.07) is 14.9. The number of aromatic amines is 1. The summed E-state index contributed by atoms with van der Waals surface area (Å²) in [6.45, 7) is 3.34. The topological polar surface area (TPSA) is 96.5 Å². The third-order valence-electron chi connectivity index (χ3n) is 5.98. The minimum absolute atomic E-state index is 0.0151. The molecular weight excluding hydrogens is 408 g/mol. The fourth-order valence-electron chi connectivity index (χ4n) is 4.13. The highest BCUT2D eigenvalue weighted by Gasteiger charge is 2.26. The summed E-state index contributed by atoms with van der Waals surface area (Å²) in [5.74, 6) is 1.02. The van der Waals surface area contributed by atoms with Crippen molar-refractivity contribution in [2.75, 3.05) is 19.9 Å². The largest absolute Gasteiger partial charge is 0.454 e. The highest BCUT2D eigenvalue weighted by atomic mass is 16.7. The Balaban J connectivity index is 1.17. The van der Waals surface area contributed by atoms with Crippen molar-refractivity contribution in [3.05, 3.63) is 65.4 Å². The first kappa shape index (κ1) is 20.1. The number of hydrogen-bond acceptors (Lipinski definition) is 5. The summed E-state index contributed by atoms with van der Waals surface area (Å²) >= 11 is 0. The zero-order chi connectivity index (χ0) is 22.1. The highest BCUT2D eigenvalue weighted by molar-refractivity contribution is 5.95. The van der Waals surface area contributed by atoms with Crippen LogP contribution in [0.5, 0.6) is 11.5 Å². The van der Waals surface area contributed by atoms with E-state index in [4.69, 9.17) is 9.47 Å². The van der Waals surface area contributed by atoms with Gasteiger partial charge in [0.1, 0.15) is 5.69 Å². The summed E-state index contributed by atoms with van der Waals surface area (Å²) in [4.78, 5) is 27.3. The second kappa shape index (κ2) is 8.37. The summed E-state index contributed by atoms with van der Waals surface area (Å²) in [5.41, 5.74) is 3.89. The second-order valence-electron chi connectivity index (χ2n) is 8.09. The number of hydrogen-bond donors (Lipinski definition) is 2. The normalized spacial score (nSPS) is 15.6. The highest BCUT2D eigenvalue weighted by Crippen LogP contribution is 2.32. The van der Waals surface area contributed by atoms with Crippen molar-refractivity contribution in [1.29, 1.82) is 0 Å². The second-order valence-corrected chi connectivity index (χ2v) is 8.09. The molecule has 2 amide bonds. The van der Waals surface area contributed by atoms with Crippen LogP contribution in [0.15, 0.2) is 48.5 Å². The van der Waals surface area contributed by atoms with Gasteiger partial charge in [-0.3, -0.25) is 14.7 Å². The molecule has 0 unspecified atom stereocenters. The maximum absolute atomic E-state index is 12.9. The Kier molecular flexibility index (Phi) is 5.26. The molecule has 1 aromatic heterocycles. The Morgan fingerprint density at radius 2 is 1.84 bits per heavy atom. The molecule has 8 nitrogen and oxygen atoms in total. The van der Waals surface area contributed by atoms with E-state index >= 15 is 0 Å². The standard InChI is InChI=1S/C24H24N4O4/c1-15-4-2-3-5-18(15)19-13-20(27-26-19)24(30)28-10-8-17(9-11-28)25-23(29)16-6-7-21-22(12-16)32-14-31-21/h2-7,12-13,17H,8-11,14H2,1H3,(H,25,29)(H,26,27). The number of carbonyl (C=O) groups excluding carboxylic acids is 2. The van der Waals surface area contributed by atoms with Gasteiger partial charge in [0, 0.05) is 30.3 Å². The van der Waals surface area contributed by atoms with Crippen molar-refractivity contribution in [1.82, 2.24) is 20.4 Å². The molecule has 3 heterocycles. The number of benzene rings is 2. The number of rotatable bonds is 4. The number of amides is 2. The quantitative estimate of drug-likeness (QED) is 0.660. The van der Waals surface area contributed by atoms with Gasteiger partial charge < -0.3 is 19.7 Å². The van der Waals surface area contributed by atoms with Crippen molar-refractivity contribution in [3.63, 3.8) is 0 Å². The molecule has 8 heteroatoms. The number of likely N-dealkylation sites (tertiary alicyclic amines) is 1. The smallest absolute Gasteiger partial charge is 0.271 e. The monoisotopic (exact) mass is 432 g/mol. The molecule has 1 fully saturated rings. The number of fused-ring (bicyclic) bond motifs is 1. The van der Waals surface area contributed by atoms with Gasteiger partial charge in [-0.15, -0.1) is 0 Å². The average molecular weight is 432 g/mol. The first-order valence-electron chi connectivity index (χ1n) is 10.7. The molecule has 164 valence electrons. The predicted octanol–water partition coefficient (Wildman–Crippen LogP) is 3.15. The molecule has 0 radical (unpaired) electrons. The van der Waals surface area contributed by atoms with Gasteiger partial charge in [-0.2, -0.15) is 5.10 Å². The lowest BCUT2D eigenvalue weighted by atomic mass is 10.0. The van der Waals surface area contributed by atoms with Crippen molar-refractivity contribution in [3.8, 4) is 22.8 Å². The number of piperidine rings is 1. The zero-order valence-corrected chi connectivity index (χ0v) is 17.8. The molecule has 2 aliphatic heterocycles. The summed E-state index contributed by atoms with van der Waals surface area (Å²) < 4.78 is 10.6. The number of aryl methyl sites for hydroxylation is 1. The molecule has 0 aliphatic carbocycles. The van der Waals surface area contributed by atoms with Crippen LogP contribution >= 0.6 is 0 Å². The molecule has 32 heavy (non-hydrogen) atoms. The van der Waals surface area contributed by atoms with E-state index in [0.717, 1.165) is 16.8 Å². The average Bonchev–Trinajstić information content (AvgIpc) is 3.49. The first-order valence-corrected chi connectivity index (χ1v) is 10.7. The molecule has 0 atom stereocenters. The van der Waals surface area contributed by atoms with Crippen LogP contribution in [-0.4, -0.2) is 52.8 Å². The summed E-state index contributed by atoms with van der Waals surface area (Å²) in [7, 11) is 0. The molecule has 2 N–H and O–H groups in total. The van der Waals surface area contributed by atoms with Gasteiger partial charge in [0.05, 0.1) is 5.69 Å². The number of carbonyl (C=O) groups is 2. The minimum atomic E-state index is -0.149. The van der Waals surface area contributed by atoms with Gasteiger partial charge in [-0.05, 0) is 49.6 Å². The summed E-state index contributed by atoms with van der Waals surface area (Å²) in [6.07, 6.45) is 1.39. The molecule has 0 bridgehead atoms. The molecular formula is C24H24N4O4. The van der Waals surface area contributed by atoms with Crippen LogP contribution in [0.2, 0.25) is 0 Å². The number of ether oxygens (including phenoxy) is 2. The van der Waals surface area contributed by atoms with E-state index in [1.54, 1.807) is 29.2 Å². The van der Waals surface area contributed by atoms with Crippen molar-refractivity contribution in [2.24, 2.45) is 0 Å². The van der Waals surface area contributed by atoms with Gasteiger partial charge in [0.15, 0.2) is 11.5 Å². The first-order chi connectivity index (χ1) is 15.6. The van der Waals surface area contributed by atoms with E-state index in [1.165, 1.54) is 0 Å². The molecule has 0 spiro atoms. The van der Waals surface area contributed by atoms with E-state index in [0.29, 0.717) is 48.7 Å². The van der Waals surface area contributed by atoms with Crippen LogP contribution in [-0.2, 0) is 0 Å². The lowest BCUT2D eigenvalue weighted by Crippen LogP contribution is -2.46. The van der Waals surface area contributed by atoms with Gasteiger partial charge in [0.25, 0.3) is 11.8 Å². The third-order valence-corrected chi connectivity index (χ3v) is 5.98. The lowest BCUT2D eigenvalue weighted by molar-refractivity contribution is 0.0692. The van der Waals surface area contributed by atoms with Crippen LogP contribution in [0.4, 0.5) is 0 Å². The number of nitrogens with one attached hydrogen (secondary N) is 2. The SMILES string of the molecule is Cc1ccccc1-c1cc(C(=O)N2CCC(NC(=O)c3ccc4c(c3)OCO4)CC2)[nH]n1. The maximum atomic E-state index is 12.9. The van der Waals surface area contributed by atoms with E-state index in [9.17, 15) is 9.59 Å². The van der Waals surface area contributed by atoms with Crippen LogP contribution < -0.4 is 14.8 Å². The van der Waals surface area contributed by atoms with Crippen molar-refractivity contribution in [2.45, 2.75) is 25.8 Å². The molecule has 2 aliphatic rings. The van der Waals surface area contributed by atoms with E-state index in [1.807, 2.05) is 31.2 Å². The lowest BCUT2D eigenvalue weighted by Gasteiger charge is -2.32. The fourth-order valence-corrected chi connectivity index (χ4v) is 4.13. The van der Waals surface area contributed by atoms with Gasteiger partial charge in [0.2, 0.25) is 6.79 Å². The predicted molar refractivity (Wildman–Crippen MR) is 118 cm³/mol. The van der Waals surface area contributed by atoms with E-state index in [-0.39, 0.29) is 24.6 Å². The molecule has 5 rings (SSSR count). The fraction of sp³-hybridized carbons (Fsp3) is 0.292. The van der Waals surface area contributed by atoms with E-state index in [2.05, 4.69) is 15.5 Å². The van der Waals surface area contributed by atoms with Gasteiger partial charge in [-0.25, -0.2) is 0 Å². The number of H-pyrrole nitrogens is 1. The molecule has 2 aromatic carbocycles. The van der Waals surface area contributed by atoms with Crippen LogP contribution in [0.3, 0.4) is 0 Å². The van der Waals surface area contributed by atoms with Gasteiger partial charge >= 0.3 is 0 Å². The van der Waals surface area contributed by atoms with Gasteiger partial charge in [-0.1, -0.05) is 24.3 Å². The molecule has 1 saturated heterocycles. The van der Waals surface area contributed by atoms with Crippen LogP contribution in [0.1, 0.15) is 39.3 Å². The Morgan fingerprint density at radius 3 is 2.66 bits per heavy atom. The Morgan fingerprint density at radius 1 is 1.06 bits per heavy atom. The van der Waals surface area contributed by atoms with E-state index < -0.39 is 0 Å². The molecule has 0 saturated carbocycles. The Hall–Kier alpha value is -3.81. The minimum Gasteiger partial charge on any atom is -0.454 e. The van der Waals surface area contributed by atoms with Crippen LogP contribution in [0.25, 0.3) is 11.3 Å². The zero-order valence-electron chi connectivity index (χ0n) is 17.8. The Labute approximate surface area is 185 Å². The number of aromatic nitrogens is 2. The van der Waals surface area contributed by atoms with Crippen molar-refractivity contribution < 1.29 is 19.1 Å².